The molecular weight excluding hydrogens is 412 g/mol. The first-order valence-corrected chi connectivity index (χ1v) is 12.4. The number of rotatable bonds is 11. The first kappa shape index (κ1) is 24.7. The van der Waals surface area contributed by atoms with E-state index in [0.717, 1.165) is 50.0 Å². The van der Waals surface area contributed by atoms with Crippen molar-refractivity contribution in [2.24, 2.45) is 5.92 Å². The quantitative estimate of drug-likeness (QED) is 0.440. The van der Waals surface area contributed by atoms with Crippen LogP contribution in [0.3, 0.4) is 0 Å². The Morgan fingerprint density at radius 2 is 1.88 bits per heavy atom. The predicted molar refractivity (Wildman–Crippen MR) is 134 cm³/mol. The first-order chi connectivity index (χ1) is 16.1. The number of benzene rings is 1. The molecule has 1 saturated heterocycles. The van der Waals surface area contributed by atoms with E-state index < -0.39 is 0 Å². The van der Waals surface area contributed by atoms with E-state index in [9.17, 15) is 9.59 Å². The third kappa shape index (κ3) is 7.88. The number of nitrogens with zero attached hydrogens (tertiary/aromatic N) is 2. The predicted octanol–water partition coefficient (Wildman–Crippen LogP) is 5.55. The van der Waals surface area contributed by atoms with Gasteiger partial charge in [-0.25, -0.2) is 0 Å². The molecule has 2 amide bonds. The minimum absolute atomic E-state index is 0.00719. The van der Waals surface area contributed by atoms with Crippen LogP contribution in [0.25, 0.3) is 0 Å². The number of unbranched alkanes of at least 4 members (excludes halogenated alkanes) is 4. The molecule has 2 N–H and O–H groups in total. The van der Waals surface area contributed by atoms with Crippen LogP contribution in [0.5, 0.6) is 0 Å². The minimum Gasteiger partial charge on any atom is -0.371 e. The molecule has 0 radical (unpaired) electrons. The summed E-state index contributed by atoms with van der Waals surface area (Å²) in [5, 5.41) is 6.01. The maximum absolute atomic E-state index is 13.2. The van der Waals surface area contributed by atoms with Gasteiger partial charge < -0.3 is 15.5 Å². The van der Waals surface area contributed by atoms with Gasteiger partial charge in [-0.1, -0.05) is 45.6 Å². The fourth-order valence-electron chi connectivity index (χ4n) is 4.21. The van der Waals surface area contributed by atoms with Crippen molar-refractivity contribution in [1.29, 1.82) is 0 Å². The molecule has 33 heavy (non-hydrogen) atoms. The third-order valence-corrected chi connectivity index (χ3v) is 6.33. The van der Waals surface area contributed by atoms with Gasteiger partial charge in [-0.15, -0.1) is 0 Å². The maximum atomic E-state index is 13.2. The Morgan fingerprint density at radius 1 is 1.09 bits per heavy atom. The summed E-state index contributed by atoms with van der Waals surface area (Å²) in [6.07, 6.45) is 11.8. The Hall–Kier alpha value is -2.89. The molecular formula is C27H38N4O2. The van der Waals surface area contributed by atoms with Gasteiger partial charge in [0.05, 0.1) is 5.56 Å². The molecule has 2 aromatic rings. The number of aromatic nitrogens is 1. The fourth-order valence-corrected chi connectivity index (χ4v) is 4.21. The Labute approximate surface area is 198 Å². The lowest BCUT2D eigenvalue weighted by Gasteiger charge is -2.33. The second kappa shape index (κ2) is 13.0. The molecule has 0 atom stereocenters. The van der Waals surface area contributed by atoms with Crippen molar-refractivity contribution in [2.45, 2.75) is 71.8 Å². The van der Waals surface area contributed by atoms with E-state index in [4.69, 9.17) is 0 Å². The fraction of sp³-hybridized carbons (Fsp3) is 0.519. The molecule has 0 aliphatic carbocycles. The zero-order valence-corrected chi connectivity index (χ0v) is 20.1. The smallest absolute Gasteiger partial charge is 0.253 e. The summed E-state index contributed by atoms with van der Waals surface area (Å²) in [5.74, 6) is 0.580. The number of amides is 2. The van der Waals surface area contributed by atoms with Gasteiger partial charge in [-0.3, -0.25) is 14.6 Å². The summed E-state index contributed by atoms with van der Waals surface area (Å²) in [6, 6.07) is 9.52. The molecule has 2 heterocycles. The normalized spacial score (nSPS) is 14.2. The maximum Gasteiger partial charge on any atom is 0.253 e. The van der Waals surface area contributed by atoms with Crippen LogP contribution in [0.1, 0.15) is 81.1 Å². The van der Waals surface area contributed by atoms with E-state index >= 15 is 0 Å². The van der Waals surface area contributed by atoms with E-state index in [-0.39, 0.29) is 11.8 Å². The SMILES string of the molecule is CCCCCCCC(=O)Nc1ccc(N2CCC(C)CC2)c(C(=O)NCc2cccnc2)c1. The Morgan fingerprint density at radius 3 is 2.61 bits per heavy atom. The lowest BCUT2D eigenvalue weighted by molar-refractivity contribution is -0.116. The van der Waals surface area contributed by atoms with Gasteiger partial charge in [-0.2, -0.15) is 0 Å². The molecule has 1 fully saturated rings. The molecule has 6 nitrogen and oxygen atoms in total. The Balaban J connectivity index is 1.69. The zero-order valence-electron chi connectivity index (χ0n) is 20.1. The molecule has 0 bridgehead atoms. The molecule has 0 unspecified atom stereocenters. The van der Waals surface area contributed by atoms with Gasteiger partial charge in [0, 0.05) is 49.8 Å². The molecule has 1 aromatic carbocycles. The summed E-state index contributed by atoms with van der Waals surface area (Å²) >= 11 is 0. The Bertz CT molecular complexity index is 892. The highest BCUT2D eigenvalue weighted by Crippen LogP contribution is 2.29. The molecule has 178 valence electrons. The van der Waals surface area contributed by atoms with Crippen molar-refractivity contribution < 1.29 is 9.59 Å². The summed E-state index contributed by atoms with van der Waals surface area (Å²) in [4.78, 5) is 32.0. The number of hydrogen-bond acceptors (Lipinski definition) is 4. The molecule has 1 aliphatic rings. The molecule has 0 spiro atoms. The van der Waals surface area contributed by atoms with E-state index in [2.05, 4.69) is 34.4 Å². The standard InChI is InChI=1S/C27H38N4O2/c1-3-4-5-6-7-10-26(32)30-23-11-12-25(31-16-13-21(2)14-17-31)24(18-23)27(33)29-20-22-9-8-15-28-19-22/h8-9,11-12,15,18-19,21H,3-7,10,13-14,16-17,20H2,1-2H3,(H,29,33)(H,30,32). The average Bonchev–Trinajstić information content (AvgIpc) is 2.83. The van der Waals surface area contributed by atoms with Crippen molar-refractivity contribution in [2.75, 3.05) is 23.3 Å². The van der Waals surface area contributed by atoms with E-state index in [1.165, 1.54) is 19.3 Å². The number of carbonyl (C=O) groups excluding carboxylic acids is 2. The Kier molecular flexibility index (Phi) is 9.73. The van der Waals surface area contributed by atoms with Crippen LogP contribution in [0.15, 0.2) is 42.7 Å². The van der Waals surface area contributed by atoms with Crippen molar-refractivity contribution in [3.8, 4) is 0 Å². The molecule has 6 heteroatoms. The van der Waals surface area contributed by atoms with Crippen LogP contribution in [-0.4, -0.2) is 29.9 Å². The van der Waals surface area contributed by atoms with E-state index in [1.54, 1.807) is 12.4 Å². The monoisotopic (exact) mass is 450 g/mol. The largest absolute Gasteiger partial charge is 0.371 e. The van der Waals surface area contributed by atoms with E-state index in [0.29, 0.717) is 30.1 Å². The molecule has 1 aromatic heterocycles. The highest BCUT2D eigenvalue weighted by molar-refractivity contribution is 6.02. The highest BCUT2D eigenvalue weighted by Gasteiger charge is 2.22. The van der Waals surface area contributed by atoms with Crippen molar-refractivity contribution >= 4 is 23.2 Å². The average molecular weight is 451 g/mol. The van der Waals surface area contributed by atoms with Crippen molar-refractivity contribution in [3.05, 3.63) is 53.9 Å². The number of carbonyl (C=O) groups is 2. The second-order valence-corrected chi connectivity index (χ2v) is 9.16. The molecule has 0 saturated carbocycles. The van der Waals surface area contributed by atoms with Crippen LogP contribution in [0.4, 0.5) is 11.4 Å². The number of hydrogen-bond donors (Lipinski definition) is 2. The number of piperidine rings is 1. The third-order valence-electron chi connectivity index (χ3n) is 6.33. The summed E-state index contributed by atoms with van der Waals surface area (Å²) in [5.41, 5.74) is 3.17. The van der Waals surface area contributed by atoms with Gasteiger partial charge in [0.1, 0.15) is 0 Å². The number of pyridine rings is 1. The van der Waals surface area contributed by atoms with Gasteiger partial charge in [0.2, 0.25) is 5.91 Å². The van der Waals surface area contributed by atoms with Gasteiger partial charge in [0.15, 0.2) is 0 Å². The number of anilines is 2. The van der Waals surface area contributed by atoms with E-state index in [1.807, 2.05) is 30.3 Å². The first-order valence-electron chi connectivity index (χ1n) is 12.4. The zero-order chi connectivity index (χ0) is 23.5. The van der Waals surface area contributed by atoms with Crippen LogP contribution < -0.4 is 15.5 Å². The topological polar surface area (TPSA) is 74.3 Å². The van der Waals surface area contributed by atoms with Gasteiger partial charge in [0.25, 0.3) is 5.91 Å². The number of nitrogens with one attached hydrogen (secondary N) is 2. The van der Waals surface area contributed by atoms with Crippen LogP contribution in [-0.2, 0) is 11.3 Å². The van der Waals surface area contributed by atoms with Crippen LogP contribution in [0, 0.1) is 5.92 Å². The molecule has 3 rings (SSSR count). The molecule has 1 aliphatic heterocycles. The highest BCUT2D eigenvalue weighted by atomic mass is 16.2. The lowest BCUT2D eigenvalue weighted by atomic mass is 9.97. The summed E-state index contributed by atoms with van der Waals surface area (Å²) in [6.45, 7) is 6.75. The summed E-state index contributed by atoms with van der Waals surface area (Å²) < 4.78 is 0. The van der Waals surface area contributed by atoms with Crippen molar-refractivity contribution in [3.63, 3.8) is 0 Å². The lowest BCUT2D eigenvalue weighted by Crippen LogP contribution is -2.35. The van der Waals surface area contributed by atoms with Gasteiger partial charge >= 0.3 is 0 Å². The summed E-state index contributed by atoms with van der Waals surface area (Å²) in [7, 11) is 0. The second-order valence-electron chi connectivity index (χ2n) is 9.16. The van der Waals surface area contributed by atoms with Gasteiger partial charge in [-0.05, 0) is 55.0 Å². The minimum atomic E-state index is -0.136. The van der Waals surface area contributed by atoms with Crippen LogP contribution >= 0.6 is 0 Å². The van der Waals surface area contributed by atoms with Crippen LogP contribution in [0.2, 0.25) is 0 Å². The van der Waals surface area contributed by atoms with Crippen molar-refractivity contribution in [1.82, 2.24) is 10.3 Å².